The van der Waals surface area contributed by atoms with Crippen LogP contribution in [0.3, 0.4) is 0 Å². The van der Waals surface area contributed by atoms with Crippen LogP contribution in [0.4, 0.5) is 0 Å². The number of aromatic nitrogens is 2. The summed E-state index contributed by atoms with van der Waals surface area (Å²) in [6.45, 7) is 2.20. The van der Waals surface area contributed by atoms with Gasteiger partial charge in [-0.05, 0) is 72.6 Å². The van der Waals surface area contributed by atoms with E-state index in [0.29, 0.717) is 0 Å². The standard InChI is InChI=1S/C37H26N2/c1-25-22-31(26-12-4-2-5-13-26)37-33(23-25)30-17-9-11-19-35(30)39(37)28-20-21-36-32(24-28)29-16-8-10-18-34(29)38(36)27-14-6-3-7-15-27/h2-24H,1H3. The highest BCUT2D eigenvalue weighted by atomic mass is 15.0. The Bertz CT molecular complexity index is 2160. The van der Waals surface area contributed by atoms with E-state index in [2.05, 4.69) is 156 Å². The van der Waals surface area contributed by atoms with E-state index in [1.807, 2.05) is 0 Å². The molecule has 0 unspecified atom stereocenters. The highest BCUT2D eigenvalue weighted by Gasteiger charge is 2.19. The zero-order chi connectivity index (χ0) is 25.9. The van der Waals surface area contributed by atoms with Gasteiger partial charge in [0, 0.05) is 38.5 Å². The summed E-state index contributed by atoms with van der Waals surface area (Å²) in [6.07, 6.45) is 0. The van der Waals surface area contributed by atoms with E-state index in [9.17, 15) is 0 Å². The van der Waals surface area contributed by atoms with Gasteiger partial charge in [0.2, 0.25) is 0 Å². The number of rotatable bonds is 3. The monoisotopic (exact) mass is 498 g/mol. The maximum Gasteiger partial charge on any atom is 0.0619 e. The van der Waals surface area contributed by atoms with E-state index in [1.165, 1.54) is 71.7 Å². The first-order valence-corrected chi connectivity index (χ1v) is 13.5. The lowest BCUT2D eigenvalue weighted by atomic mass is 9.99. The number of hydrogen-bond acceptors (Lipinski definition) is 0. The van der Waals surface area contributed by atoms with Crippen molar-refractivity contribution in [3.05, 3.63) is 145 Å². The Hall–Kier alpha value is -5.08. The van der Waals surface area contributed by atoms with Crippen molar-refractivity contribution >= 4 is 43.6 Å². The number of fused-ring (bicyclic) bond motifs is 6. The lowest BCUT2D eigenvalue weighted by Gasteiger charge is -2.13. The molecule has 0 amide bonds. The Kier molecular flexibility index (Phi) is 4.77. The van der Waals surface area contributed by atoms with Crippen LogP contribution in [0, 0.1) is 6.92 Å². The third-order valence-corrected chi connectivity index (χ3v) is 7.93. The average Bonchev–Trinajstić information content (AvgIpc) is 3.50. The van der Waals surface area contributed by atoms with Gasteiger partial charge in [-0.25, -0.2) is 0 Å². The van der Waals surface area contributed by atoms with Crippen molar-refractivity contribution in [1.29, 1.82) is 0 Å². The summed E-state index contributed by atoms with van der Waals surface area (Å²) in [5.74, 6) is 0. The molecule has 0 fully saturated rings. The van der Waals surface area contributed by atoms with Crippen molar-refractivity contribution < 1.29 is 0 Å². The topological polar surface area (TPSA) is 9.86 Å². The Morgan fingerprint density at radius 1 is 0.410 bits per heavy atom. The minimum atomic E-state index is 1.17. The summed E-state index contributed by atoms with van der Waals surface area (Å²) >= 11 is 0. The minimum absolute atomic E-state index is 1.17. The second-order valence-corrected chi connectivity index (χ2v) is 10.3. The summed E-state index contributed by atoms with van der Waals surface area (Å²) in [6, 6.07) is 50.5. The molecule has 0 atom stereocenters. The molecule has 0 N–H and O–H groups in total. The van der Waals surface area contributed by atoms with Gasteiger partial charge in [0.1, 0.15) is 0 Å². The molecule has 6 aromatic carbocycles. The van der Waals surface area contributed by atoms with Crippen LogP contribution in [0.15, 0.2) is 140 Å². The van der Waals surface area contributed by atoms with E-state index in [4.69, 9.17) is 0 Å². The highest BCUT2D eigenvalue weighted by molar-refractivity contribution is 6.15. The molecule has 2 nitrogen and oxygen atoms in total. The minimum Gasteiger partial charge on any atom is -0.309 e. The number of hydrogen-bond donors (Lipinski definition) is 0. The first-order chi connectivity index (χ1) is 19.3. The SMILES string of the molecule is Cc1cc(-c2ccccc2)c2c(c1)c1ccccc1n2-c1ccc2c(c1)c1ccccc1n2-c1ccccc1. The molecule has 8 rings (SSSR count). The lowest BCUT2D eigenvalue weighted by molar-refractivity contribution is 1.16. The second kappa shape index (κ2) is 8.47. The molecule has 0 aliphatic heterocycles. The highest BCUT2D eigenvalue weighted by Crippen LogP contribution is 2.40. The van der Waals surface area contributed by atoms with Crippen LogP contribution in [-0.2, 0) is 0 Å². The van der Waals surface area contributed by atoms with Crippen LogP contribution in [0.1, 0.15) is 5.56 Å². The molecular weight excluding hydrogens is 472 g/mol. The molecule has 39 heavy (non-hydrogen) atoms. The predicted molar refractivity (Wildman–Crippen MR) is 165 cm³/mol. The fourth-order valence-electron chi connectivity index (χ4n) is 6.30. The summed E-state index contributed by atoms with van der Waals surface area (Å²) in [5.41, 5.74) is 11.0. The smallest absolute Gasteiger partial charge is 0.0619 e. The van der Waals surface area contributed by atoms with Gasteiger partial charge < -0.3 is 9.13 Å². The average molecular weight is 499 g/mol. The zero-order valence-electron chi connectivity index (χ0n) is 21.7. The molecule has 0 bridgehead atoms. The Morgan fingerprint density at radius 3 is 1.74 bits per heavy atom. The third-order valence-electron chi connectivity index (χ3n) is 7.93. The van der Waals surface area contributed by atoms with Crippen molar-refractivity contribution in [2.75, 3.05) is 0 Å². The van der Waals surface area contributed by atoms with Crippen LogP contribution >= 0.6 is 0 Å². The predicted octanol–water partition coefficient (Wildman–Crippen LogP) is 9.86. The second-order valence-electron chi connectivity index (χ2n) is 10.3. The molecule has 8 aromatic rings. The van der Waals surface area contributed by atoms with Gasteiger partial charge in [-0.2, -0.15) is 0 Å². The fourth-order valence-corrected chi connectivity index (χ4v) is 6.30. The summed E-state index contributed by atoms with van der Waals surface area (Å²) < 4.78 is 4.83. The van der Waals surface area contributed by atoms with E-state index >= 15 is 0 Å². The Morgan fingerprint density at radius 2 is 1.00 bits per heavy atom. The molecule has 0 aliphatic rings. The van der Waals surface area contributed by atoms with Crippen molar-refractivity contribution in [3.8, 4) is 22.5 Å². The molecular formula is C37H26N2. The molecule has 184 valence electrons. The van der Waals surface area contributed by atoms with Crippen molar-refractivity contribution in [2.45, 2.75) is 6.92 Å². The van der Waals surface area contributed by atoms with Crippen LogP contribution in [0.25, 0.3) is 66.1 Å². The maximum absolute atomic E-state index is 2.46. The van der Waals surface area contributed by atoms with Gasteiger partial charge in [-0.3, -0.25) is 0 Å². The van der Waals surface area contributed by atoms with Gasteiger partial charge >= 0.3 is 0 Å². The lowest BCUT2D eigenvalue weighted by Crippen LogP contribution is -1.97. The van der Waals surface area contributed by atoms with Gasteiger partial charge in [0.15, 0.2) is 0 Å². The molecule has 0 saturated carbocycles. The first-order valence-electron chi connectivity index (χ1n) is 13.5. The first kappa shape index (κ1) is 22.0. The molecule has 0 radical (unpaired) electrons. The van der Waals surface area contributed by atoms with Crippen molar-refractivity contribution in [3.63, 3.8) is 0 Å². The summed E-state index contributed by atoms with van der Waals surface area (Å²) in [4.78, 5) is 0. The molecule has 0 spiro atoms. The van der Waals surface area contributed by atoms with Crippen LogP contribution in [0.2, 0.25) is 0 Å². The largest absolute Gasteiger partial charge is 0.309 e. The van der Waals surface area contributed by atoms with E-state index < -0.39 is 0 Å². The Labute approximate surface area is 227 Å². The molecule has 2 aromatic heterocycles. The number of aryl methyl sites for hydroxylation is 1. The quantitative estimate of drug-likeness (QED) is 0.229. The van der Waals surface area contributed by atoms with Gasteiger partial charge in [0.05, 0.1) is 22.1 Å². The van der Waals surface area contributed by atoms with E-state index in [-0.39, 0.29) is 0 Å². The van der Waals surface area contributed by atoms with Gasteiger partial charge in [0.25, 0.3) is 0 Å². The van der Waals surface area contributed by atoms with Crippen molar-refractivity contribution in [1.82, 2.24) is 9.13 Å². The zero-order valence-corrected chi connectivity index (χ0v) is 21.7. The van der Waals surface area contributed by atoms with Gasteiger partial charge in [-0.1, -0.05) is 84.9 Å². The van der Waals surface area contributed by atoms with Crippen molar-refractivity contribution in [2.24, 2.45) is 0 Å². The Balaban J connectivity index is 1.50. The van der Waals surface area contributed by atoms with Crippen LogP contribution in [0.5, 0.6) is 0 Å². The summed E-state index contributed by atoms with van der Waals surface area (Å²) in [5, 5.41) is 5.08. The van der Waals surface area contributed by atoms with E-state index in [1.54, 1.807) is 0 Å². The molecule has 0 aliphatic carbocycles. The molecule has 2 heteroatoms. The number of nitrogens with zero attached hydrogens (tertiary/aromatic N) is 2. The van der Waals surface area contributed by atoms with Crippen LogP contribution < -0.4 is 0 Å². The number of para-hydroxylation sites is 3. The maximum atomic E-state index is 2.46. The third kappa shape index (κ3) is 3.28. The molecule has 0 saturated heterocycles. The van der Waals surface area contributed by atoms with Gasteiger partial charge in [-0.15, -0.1) is 0 Å². The number of benzene rings is 6. The van der Waals surface area contributed by atoms with Crippen LogP contribution in [-0.4, -0.2) is 9.13 Å². The normalized spacial score (nSPS) is 11.7. The molecule has 2 heterocycles. The van der Waals surface area contributed by atoms with E-state index in [0.717, 1.165) is 0 Å². The fraction of sp³-hybridized carbons (Fsp3) is 0.0270. The summed E-state index contributed by atoms with van der Waals surface area (Å²) in [7, 11) is 0.